The third-order valence-corrected chi connectivity index (χ3v) is 2.92. The highest BCUT2D eigenvalue weighted by Gasteiger charge is 2.34. The summed E-state index contributed by atoms with van der Waals surface area (Å²) in [6, 6.07) is 10.1. The van der Waals surface area contributed by atoms with E-state index in [1.54, 1.807) is 0 Å². The molecule has 1 aromatic rings. The summed E-state index contributed by atoms with van der Waals surface area (Å²) in [7, 11) is 0. The van der Waals surface area contributed by atoms with E-state index in [1.165, 1.54) is 4.90 Å². The van der Waals surface area contributed by atoms with Gasteiger partial charge >= 0.3 is 6.09 Å². The summed E-state index contributed by atoms with van der Waals surface area (Å²) < 4.78 is 0. The number of allylic oxidation sites excluding steroid dienone is 1. The maximum absolute atomic E-state index is 11.3. The third kappa shape index (κ3) is 2.87. The van der Waals surface area contributed by atoms with Crippen LogP contribution in [0.25, 0.3) is 6.08 Å². The third-order valence-electron chi connectivity index (χ3n) is 2.92. The molecule has 1 amide bonds. The van der Waals surface area contributed by atoms with E-state index in [0.29, 0.717) is 0 Å². The van der Waals surface area contributed by atoms with Crippen molar-refractivity contribution in [2.24, 2.45) is 0 Å². The van der Waals surface area contributed by atoms with Crippen molar-refractivity contribution >= 4 is 12.2 Å². The second-order valence-corrected chi connectivity index (χ2v) is 4.28. The SMILES string of the molecule is CCC(=Cc1ccccc1)N(C(=O)O)C1CC1. The monoisotopic (exact) mass is 231 g/mol. The Morgan fingerprint density at radius 2 is 2.06 bits per heavy atom. The van der Waals surface area contributed by atoms with E-state index in [1.807, 2.05) is 43.3 Å². The first-order valence-corrected chi connectivity index (χ1v) is 6.00. The maximum Gasteiger partial charge on any atom is 0.411 e. The summed E-state index contributed by atoms with van der Waals surface area (Å²) in [4.78, 5) is 12.8. The van der Waals surface area contributed by atoms with Crippen molar-refractivity contribution in [3.63, 3.8) is 0 Å². The Balaban J connectivity index is 2.25. The molecule has 0 atom stereocenters. The number of carbonyl (C=O) groups is 1. The topological polar surface area (TPSA) is 40.5 Å². The standard InChI is InChI=1S/C14H17NO2/c1-2-12(10-11-6-4-3-5-7-11)15(14(16)17)13-8-9-13/h3-7,10,13H,2,8-9H2,1H3,(H,16,17). The van der Waals surface area contributed by atoms with E-state index < -0.39 is 6.09 Å². The molecule has 2 rings (SSSR count). The average Bonchev–Trinajstić information content (AvgIpc) is 3.13. The summed E-state index contributed by atoms with van der Waals surface area (Å²) >= 11 is 0. The Morgan fingerprint density at radius 1 is 1.41 bits per heavy atom. The van der Waals surface area contributed by atoms with E-state index in [0.717, 1.165) is 30.5 Å². The van der Waals surface area contributed by atoms with Gasteiger partial charge in [0.05, 0.1) is 0 Å². The number of amides is 1. The van der Waals surface area contributed by atoms with Crippen molar-refractivity contribution in [2.45, 2.75) is 32.2 Å². The van der Waals surface area contributed by atoms with Crippen molar-refractivity contribution in [1.82, 2.24) is 4.90 Å². The second-order valence-electron chi connectivity index (χ2n) is 4.28. The minimum absolute atomic E-state index is 0.197. The average molecular weight is 231 g/mol. The first kappa shape index (κ1) is 11.7. The van der Waals surface area contributed by atoms with E-state index in [2.05, 4.69) is 0 Å². The molecular weight excluding hydrogens is 214 g/mol. The number of nitrogens with zero attached hydrogens (tertiary/aromatic N) is 1. The highest BCUT2D eigenvalue weighted by Crippen LogP contribution is 2.31. The zero-order valence-electron chi connectivity index (χ0n) is 9.97. The molecule has 1 aliphatic rings. The molecule has 1 saturated carbocycles. The zero-order chi connectivity index (χ0) is 12.3. The van der Waals surface area contributed by atoms with E-state index >= 15 is 0 Å². The lowest BCUT2D eigenvalue weighted by Crippen LogP contribution is -2.30. The fourth-order valence-electron chi connectivity index (χ4n) is 1.93. The molecule has 90 valence electrons. The van der Waals surface area contributed by atoms with Crippen LogP contribution in [0.15, 0.2) is 36.0 Å². The van der Waals surface area contributed by atoms with E-state index in [-0.39, 0.29) is 6.04 Å². The predicted octanol–water partition coefficient (Wildman–Crippen LogP) is 3.58. The summed E-state index contributed by atoms with van der Waals surface area (Å²) in [5, 5.41) is 9.25. The summed E-state index contributed by atoms with van der Waals surface area (Å²) in [6.07, 6.45) is 3.83. The lowest BCUT2D eigenvalue weighted by atomic mass is 10.1. The Bertz CT molecular complexity index is 421. The molecule has 0 aliphatic heterocycles. The lowest BCUT2D eigenvalue weighted by Gasteiger charge is -2.21. The normalized spacial score (nSPS) is 15.7. The molecule has 3 heteroatoms. The van der Waals surface area contributed by atoms with Crippen LogP contribution in [0.5, 0.6) is 0 Å². The molecule has 1 aliphatic carbocycles. The van der Waals surface area contributed by atoms with Crippen LogP contribution >= 0.6 is 0 Å². The van der Waals surface area contributed by atoms with Gasteiger partial charge in [-0.15, -0.1) is 0 Å². The molecule has 17 heavy (non-hydrogen) atoms. The van der Waals surface area contributed by atoms with Crippen LogP contribution < -0.4 is 0 Å². The van der Waals surface area contributed by atoms with Gasteiger partial charge in [0.15, 0.2) is 0 Å². The molecular formula is C14H17NO2. The number of carboxylic acid groups (broad SMARTS) is 1. The second kappa shape index (κ2) is 5.04. The van der Waals surface area contributed by atoms with Crippen LogP contribution in [0.4, 0.5) is 4.79 Å². The molecule has 3 nitrogen and oxygen atoms in total. The molecule has 0 bridgehead atoms. The molecule has 0 aromatic heterocycles. The minimum Gasteiger partial charge on any atom is -0.465 e. The fraction of sp³-hybridized carbons (Fsp3) is 0.357. The molecule has 1 N–H and O–H groups in total. The number of benzene rings is 1. The van der Waals surface area contributed by atoms with Crippen molar-refractivity contribution in [3.8, 4) is 0 Å². The van der Waals surface area contributed by atoms with Crippen LogP contribution in [0.3, 0.4) is 0 Å². The van der Waals surface area contributed by atoms with Gasteiger partial charge in [0, 0.05) is 11.7 Å². The molecule has 0 radical (unpaired) electrons. The zero-order valence-corrected chi connectivity index (χ0v) is 9.97. The van der Waals surface area contributed by atoms with E-state index in [4.69, 9.17) is 0 Å². The summed E-state index contributed by atoms with van der Waals surface area (Å²) in [6.45, 7) is 1.99. The quantitative estimate of drug-likeness (QED) is 0.860. The molecule has 1 fully saturated rings. The van der Waals surface area contributed by atoms with Gasteiger partial charge in [0.2, 0.25) is 0 Å². The number of hydrogen-bond donors (Lipinski definition) is 1. The van der Waals surface area contributed by atoms with Gasteiger partial charge in [-0.25, -0.2) is 4.79 Å². The van der Waals surface area contributed by atoms with Crippen LogP contribution in [0.1, 0.15) is 31.7 Å². The van der Waals surface area contributed by atoms with Gasteiger partial charge in [0.25, 0.3) is 0 Å². The molecule has 0 spiro atoms. The van der Waals surface area contributed by atoms with Gasteiger partial charge in [0.1, 0.15) is 0 Å². The van der Waals surface area contributed by atoms with Gasteiger partial charge in [-0.05, 0) is 30.9 Å². The first-order valence-electron chi connectivity index (χ1n) is 6.00. The van der Waals surface area contributed by atoms with Crippen LogP contribution in [0.2, 0.25) is 0 Å². The maximum atomic E-state index is 11.3. The Morgan fingerprint density at radius 3 is 2.53 bits per heavy atom. The lowest BCUT2D eigenvalue weighted by molar-refractivity contribution is 0.155. The molecule has 0 unspecified atom stereocenters. The van der Waals surface area contributed by atoms with Gasteiger partial charge < -0.3 is 5.11 Å². The van der Waals surface area contributed by atoms with Crippen molar-refractivity contribution < 1.29 is 9.90 Å². The Kier molecular flexibility index (Phi) is 3.47. The highest BCUT2D eigenvalue weighted by molar-refractivity contribution is 5.71. The van der Waals surface area contributed by atoms with Gasteiger partial charge in [-0.1, -0.05) is 37.3 Å². The minimum atomic E-state index is -0.837. The largest absolute Gasteiger partial charge is 0.465 e. The predicted molar refractivity (Wildman–Crippen MR) is 67.6 cm³/mol. The van der Waals surface area contributed by atoms with Gasteiger partial charge in [-0.3, -0.25) is 4.90 Å². The fourth-order valence-corrected chi connectivity index (χ4v) is 1.93. The van der Waals surface area contributed by atoms with Crippen molar-refractivity contribution in [1.29, 1.82) is 0 Å². The van der Waals surface area contributed by atoms with E-state index in [9.17, 15) is 9.90 Å². The Labute approximate surface area is 101 Å². The van der Waals surface area contributed by atoms with Crippen LogP contribution in [0, 0.1) is 0 Å². The Hall–Kier alpha value is -1.77. The highest BCUT2D eigenvalue weighted by atomic mass is 16.4. The summed E-state index contributed by atoms with van der Waals surface area (Å²) in [5.74, 6) is 0. The van der Waals surface area contributed by atoms with Crippen molar-refractivity contribution in [2.75, 3.05) is 0 Å². The first-order chi connectivity index (χ1) is 8.22. The molecule has 0 saturated heterocycles. The smallest absolute Gasteiger partial charge is 0.411 e. The summed E-state index contributed by atoms with van der Waals surface area (Å²) in [5.41, 5.74) is 1.93. The van der Waals surface area contributed by atoms with Crippen molar-refractivity contribution in [3.05, 3.63) is 41.6 Å². The molecule has 0 heterocycles. The number of rotatable bonds is 4. The molecule has 1 aromatic carbocycles. The number of hydrogen-bond acceptors (Lipinski definition) is 1. The van der Waals surface area contributed by atoms with Crippen LogP contribution in [-0.2, 0) is 0 Å². The van der Waals surface area contributed by atoms with Gasteiger partial charge in [-0.2, -0.15) is 0 Å². The van der Waals surface area contributed by atoms with Crippen LogP contribution in [-0.4, -0.2) is 22.1 Å².